The Kier molecular flexibility index (Phi) is 7.71. The third-order valence-electron chi connectivity index (χ3n) is 6.21. The van der Waals surface area contributed by atoms with Crippen LogP contribution in [0, 0.1) is 5.82 Å². The van der Waals surface area contributed by atoms with E-state index in [0.29, 0.717) is 44.7 Å². The lowest BCUT2D eigenvalue weighted by atomic mass is 9.89. The number of carbonyl (C=O) groups excluding carboxylic acids is 1. The van der Waals surface area contributed by atoms with Gasteiger partial charge in [-0.05, 0) is 36.5 Å². The number of halogens is 1. The molecule has 4 heterocycles. The molecule has 1 saturated heterocycles. The standard InChI is InChI=1S/C22H24FN5O3.CH4O3S/c1-30-22(29)27-7-5-14(6-8-27)17-9-16-12-31-11-15-3-2-4-19(23)18(15)10-24-20(16)28-13-25-26-21(17)28;1-5(2,3)4/h2-4,9,13-14,24H,5-8,10-12H2,1H3;1H3,(H,2,3,4). The van der Waals surface area contributed by atoms with Crippen molar-refractivity contribution in [3.8, 4) is 0 Å². The van der Waals surface area contributed by atoms with Crippen molar-refractivity contribution in [1.29, 1.82) is 0 Å². The Labute approximate surface area is 208 Å². The van der Waals surface area contributed by atoms with Gasteiger partial charge in [0.15, 0.2) is 5.65 Å². The molecule has 1 amide bonds. The van der Waals surface area contributed by atoms with Crippen molar-refractivity contribution in [2.75, 3.05) is 31.8 Å². The van der Waals surface area contributed by atoms with E-state index in [2.05, 4.69) is 21.6 Å². The Morgan fingerprint density at radius 2 is 1.94 bits per heavy atom. The van der Waals surface area contributed by atoms with Crippen LogP contribution in [0.1, 0.15) is 41.0 Å². The number of methoxy groups -OCH3 is 1. The molecule has 0 atom stereocenters. The zero-order valence-electron chi connectivity index (χ0n) is 20.0. The summed E-state index contributed by atoms with van der Waals surface area (Å²) in [4.78, 5) is 13.5. The Morgan fingerprint density at radius 1 is 1.25 bits per heavy atom. The summed E-state index contributed by atoms with van der Waals surface area (Å²) in [7, 11) is -2.26. The number of fused-ring (bicyclic) bond motifs is 4. The smallest absolute Gasteiger partial charge is 0.409 e. The number of nitrogens with one attached hydrogen (secondary N) is 1. The first-order valence-corrected chi connectivity index (χ1v) is 13.2. The van der Waals surface area contributed by atoms with E-state index >= 15 is 0 Å². The molecule has 11 nitrogen and oxygen atoms in total. The van der Waals surface area contributed by atoms with Crippen molar-refractivity contribution >= 4 is 27.7 Å². The van der Waals surface area contributed by atoms with Crippen molar-refractivity contribution in [2.45, 2.75) is 38.5 Å². The fourth-order valence-electron chi connectivity index (χ4n) is 4.56. The number of aromatic nitrogens is 3. The summed E-state index contributed by atoms with van der Waals surface area (Å²) in [5, 5.41) is 11.9. The molecule has 0 radical (unpaired) electrons. The second-order valence-corrected chi connectivity index (χ2v) is 10.2. The van der Waals surface area contributed by atoms with Crippen LogP contribution in [0.15, 0.2) is 30.6 Å². The third-order valence-corrected chi connectivity index (χ3v) is 6.21. The van der Waals surface area contributed by atoms with Gasteiger partial charge in [-0.25, -0.2) is 9.18 Å². The summed E-state index contributed by atoms with van der Waals surface area (Å²) in [6, 6.07) is 7.19. The van der Waals surface area contributed by atoms with Gasteiger partial charge in [-0.3, -0.25) is 8.95 Å². The summed E-state index contributed by atoms with van der Waals surface area (Å²) in [5.74, 6) is 0.818. The van der Waals surface area contributed by atoms with Gasteiger partial charge in [0.25, 0.3) is 10.1 Å². The van der Waals surface area contributed by atoms with Crippen molar-refractivity contribution < 1.29 is 31.6 Å². The normalized spacial score (nSPS) is 16.4. The molecule has 0 bridgehead atoms. The molecular formula is C23H28FN5O6S. The molecule has 2 aliphatic rings. The van der Waals surface area contributed by atoms with Crippen LogP contribution >= 0.6 is 0 Å². The van der Waals surface area contributed by atoms with Crippen molar-refractivity contribution in [2.24, 2.45) is 0 Å². The Bertz CT molecular complexity index is 1350. The average Bonchev–Trinajstić information content (AvgIpc) is 3.34. The largest absolute Gasteiger partial charge is 0.453 e. The van der Waals surface area contributed by atoms with Crippen molar-refractivity contribution in [3.05, 3.63) is 58.7 Å². The lowest BCUT2D eigenvalue weighted by Crippen LogP contribution is -2.37. The molecule has 5 rings (SSSR count). The summed E-state index contributed by atoms with van der Waals surface area (Å²) >= 11 is 0. The number of benzene rings is 1. The summed E-state index contributed by atoms with van der Waals surface area (Å²) in [6.07, 6.45) is 3.74. The molecule has 1 fully saturated rings. The molecule has 194 valence electrons. The number of piperidine rings is 1. The number of likely N-dealkylation sites (tertiary alicyclic amines) is 1. The maximum Gasteiger partial charge on any atom is 0.409 e. The number of anilines is 1. The molecule has 2 N–H and O–H groups in total. The van der Waals surface area contributed by atoms with Crippen molar-refractivity contribution in [1.82, 2.24) is 19.5 Å². The number of pyridine rings is 1. The molecule has 0 aliphatic carbocycles. The fraction of sp³-hybridized carbons (Fsp3) is 0.435. The van der Waals surface area contributed by atoms with Gasteiger partial charge in [-0.1, -0.05) is 12.1 Å². The van der Waals surface area contributed by atoms with Crippen LogP contribution in [0.25, 0.3) is 5.65 Å². The predicted octanol–water partition coefficient (Wildman–Crippen LogP) is 2.96. The minimum absolute atomic E-state index is 0.244. The zero-order chi connectivity index (χ0) is 25.9. The van der Waals surface area contributed by atoms with Gasteiger partial charge in [0.1, 0.15) is 18.0 Å². The second kappa shape index (κ2) is 10.8. The average molecular weight is 522 g/mol. The van der Waals surface area contributed by atoms with Crippen LogP contribution in [0.2, 0.25) is 0 Å². The van der Waals surface area contributed by atoms with Crippen LogP contribution in [0.3, 0.4) is 0 Å². The number of carbonyl (C=O) groups is 1. The molecule has 0 unspecified atom stereocenters. The van der Waals surface area contributed by atoms with E-state index < -0.39 is 10.1 Å². The lowest BCUT2D eigenvalue weighted by Gasteiger charge is -2.31. The van der Waals surface area contributed by atoms with E-state index in [0.717, 1.165) is 41.0 Å². The molecule has 13 heteroatoms. The molecular weight excluding hydrogens is 493 g/mol. The van der Waals surface area contributed by atoms with Gasteiger partial charge < -0.3 is 19.7 Å². The molecule has 0 spiro atoms. The Balaban J connectivity index is 0.000000556. The number of amides is 1. The maximum atomic E-state index is 14.4. The second-order valence-electron chi connectivity index (χ2n) is 8.69. The Hall–Kier alpha value is -3.29. The van der Waals surface area contributed by atoms with Gasteiger partial charge >= 0.3 is 6.09 Å². The van der Waals surface area contributed by atoms with E-state index in [-0.39, 0.29) is 17.8 Å². The highest BCUT2D eigenvalue weighted by molar-refractivity contribution is 7.85. The summed E-state index contributed by atoms with van der Waals surface area (Å²) < 4.78 is 53.0. The van der Waals surface area contributed by atoms with Gasteiger partial charge in [-0.15, -0.1) is 10.2 Å². The molecule has 2 aliphatic heterocycles. The minimum Gasteiger partial charge on any atom is -0.453 e. The summed E-state index contributed by atoms with van der Waals surface area (Å²) in [6.45, 7) is 2.36. The predicted molar refractivity (Wildman–Crippen MR) is 129 cm³/mol. The monoisotopic (exact) mass is 521 g/mol. The molecule has 3 aromatic rings. The van der Waals surface area contributed by atoms with E-state index in [1.165, 1.54) is 13.2 Å². The number of rotatable bonds is 1. The minimum atomic E-state index is -3.67. The maximum absolute atomic E-state index is 14.4. The summed E-state index contributed by atoms with van der Waals surface area (Å²) in [5.41, 5.74) is 4.29. The highest BCUT2D eigenvalue weighted by atomic mass is 32.2. The van der Waals surface area contributed by atoms with E-state index in [9.17, 15) is 17.6 Å². The van der Waals surface area contributed by atoms with Crippen molar-refractivity contribution in [3.63, 3.8) is 0 Å². The number of ether oxygens (including phenoxy) is 2. The number of nitrogens with zero attached hydrogens (tertiary/aromatic N) is 4. The highest BCUT2D eigenvalue weighted by Gasteiger charge is 2.28. The first-order chi connectivity index (χ1) is 17.2. The number of hydrogen-bond acceptors (Lipinski definition) is 8. The topological polar surface area (TPSA) is 135 Å². The molecule has 2 aromatic heterocycles. The fourth-order valence-corrected chi connectivity index (χ4v) is 4.56. The number of hydrogen-bond donors (Lipinski definition) is 2. The van der Waals surface area contributed by atoms with Crippen LogP contribution < -0.4 is 5.32 Å². The van der Waals surface area contributed by atoms with Crippen LogP contribution in [-0.4, -0.2) is 65.0 Å². The van der Waals surface area contributed by atoms with Gasteiger partial charge in [0, 0.05) is 36.3 Å². The van der Waals surface area contributed by atoms with Gasteiger partial charge in [0.2, 0.25) is 0 Å². The first-order valence-electron chi connectivity index (χ1n) is 11.3. The zero-order valence-corrected chi connectivity index (χ0v) is 20.8. The van der Waals surface area contributed by atoms with E-state index in [1.807, 2.05) is 10.5 Å². The quantitative estimate of drug-likeness (QED) is 0.463. The molecule has 0 saturated carbocycles. The highest BCUT2D eigenvalue weighted by Crippen LogP contribution is 2.34. The Morgan fingerprint density at radius 3 is 2.64 bits per heavy atom. The van der Waals surface area contributed by atoms with E-state index in [4.69, 9.17) is 14.0 Å². The van der Waals surface area contributed by atoms with Crippen LogP contribution in [0.4, 0.5) is 15.0 Å². The van der Waals surface area contributed by atoms with Gasteiger partial charge in [0.05, 0.1) is 26.6 Å². The molecule has 1 aromatic carbocycles. The third kappa shape index (κ3) is 5.91. The SMILES string of the molecule is COC(=O)N1CCC(c2cc3c(n4cnnc24)NCc2c(F)cccc2COC3)CC1.CS(=O)(=O)O. The van der Waals surface area contributed by atoms with Crippen LogP contribution in [-0.2, 0) is 39.4 Å². The molecule has 36 heavy (non-hydrogen) atoms. The van der Waals surface area contributed by atoms with Gasteiger partial charge in [-0.2, -0.15) is 8.42 Å². The van der Waals surface area contributed by atoms with E-state index in [1.54, 1.807) is 17.3 Å². The first kappa shape index (κ1) is 25.8. The van der Waals surface area contributed by atoms with Crippen LogP contribution in [0.5, 0.6) is 0 Å². The lowest BCUT2D eigenvalue weighted by molar-refractivity contribution is 0.107.